The van der Waals surface area contributed by atoms with E-state index in [9.17, 15) is 8.42 Å². The van der Waals surface area contributed by atoms with Crippen LogP contribution < -0.4 is 5.73 Å². The highest BCUT2D eigenvalue weighted by molar-refractivity contribution is 9.08. The lowest BCUT2D eigenvalue weighted by Gasteiger charge is -2.13. The minimum atomic E-state index is -3.56. The molecule has 0 aliphatic carbocycles. The second-order valence-corrected chi connectivity index (χ2v) is 8.15. The van der Waals surface area contributed by atoms with E-state index in [-0.39, 0.29) is 11.3 Å². The molecular formula is C17H17BrN2O2S. The van der Waals surface area contributed by atoms with Crippen molar-refractivity contribution >= 4 is 36.7 Å². The number of aromatic nitrogens is 1. The van der Waals surface area contributed by atoms with Crippen LogP contribution in [0.3, 0.4) is 0 Å². The van der Waals surface area contributed by atoms with Crippen molar-refractivity contribution in [3.63, 3.8) is 0 Å². The zero-order chi connectivity index (χ0) is 16.4. The molecule has 23 heavy (non-hydrogen) atoms. The number of fused-ring (bicyclic) bond motifs is 1. The number of hydrogen-bond acceptors (Lipinski definition) is 3. The molecule has 120 valence electrons. The van der Waals surface area contributed by atoms with Gasteiger partial charge in [0.15, 0.2) is 9.84 Å². The Balaban J connectivity index is 1.87. The maximum atomic E-state index is 12.6. The lowest BCUT2D eigenvalue weighted by Crippen LogP contribution is -2.32. The SMILES string of the molecule is NC(Cc1c[nH]c2ccccc12)S(=O)(=O)c1ccc(CBr)cc1. The molecule has 4 nitrogen and oxygen atoms in total. The van der Waals surface area contributed by atoms with Crippen LogP contribution in [0.25, 0.3) is 10.9 Å². The second-order valence-electron chi connectivity index (χ2n) is 5.42. The van der Waals surface area contributed by atoms with E-state index in [1.54, 1.807) is 24.3 Å². The molecule has 6 heteroatoms. The Morgan fingerprint density at radius 3 is 2.48 bits per heavy atom. The maximum Gasteiger partial charge on any atom is 0.194 e. The van der Waals surface area contributed by atoms with Gasteiger partial charge in [-0.3, -0.25) is 0 Å². The predicted octanol–water partition coefficient (Wildman–Crippen LogP) is 3.36. The van der Waals surface area contributed by atoms with Crippen LogP contribution in [0.5, 0.6) is 0 Å². The first-order valence-corrected chi connectivity index (χ1v) is 9.88. The standard InChI is InChI=1S/C17H17BrN2O2S/c18-10-12-5-7-14(8-6-12)23(21,22)17(19)9-13-11-20-16-4-2-1-3-15(13)16/h1-8,11,17,20H,9-10,19H2. The van der Waals surface area contributed by atoms with Gasteiger partial charge in [-0.2, -0.15) is 0 Å². The lowest BCUT2D eigenvalue weighted by atomic mass is 10.1. The number of H-pyrrole nitrogens is 1. The zero-order valence-corrected chi connectivity index (χ0v) is 14.8. The molecule has 0 aliphatic rings. The van der Waals surface area contributed by atoms with E-state index >= 15 is 0 Å². The van der Waals surface area contributed by atoms with Crippen molar-refractivity contribution in [3.8, 4) is 0 Å². The summed E-state index contributed by atoms with van der Waals surface area (Å²) in [6.45, 7) is 0. The van der Waals surface area contributed by atoms with Crippen molar-refractivity contribution in [3.05, 3.63) is 65.9 Å². The Hall–Kier alpha value is -1.63. The molecule has 3 rings (SSSR count). The highest BCUT2D eigenvalue weighted by Crippen LogP contribution is 2.22. The number of benzene rings is 2. The van der Waals surface area contributed by atoms with Crippen LogP contribution in [0.4, 0.5) is 0 Å². The number of alkyl halides is 1. The Morgan fingerprint density at radius 2 is 1.78 bits per heavy atom. The highest BCUT2D eigenvalue weighted by Gasteiger charge is 2.25. The minimum Gasteiger partial charge on any atom is -0.361 e. The topological polar surface area (TPSA) is 76.0 Å². The molecule has 0 saturated carbocycles. The van der Waals surface area contributed by atoms with Crippen molar-refractivity contribution in [1.82, 2.24) is 4.98 Å². The van der Waals surface area contributed by atoms with Crippen molar-refractivity contribution in [2.75, 3.05) is 0 Å². The van der Waals surface area contributed by atoms with E-state index in [0.717, 1.165) is 22.0 Å². The van der Waals surface area contributed by atoms with Crippen LogP contribution in [0, 0.1) is 0 Å². The molecule has 3 aromatic rings. The fraction of sp³-hybridized carbons (Fsp3) is 0.176. The third-order valence-corrected chi connectivity index (χ3v) is 6.44. The van der Waals surface area contributed by atoms with Crippen LogP contribution in [-0.4, -0.2) is 18.8 Å². The van der Waals surface area contributed by atoms with E-state index in [1.165, 1.54) is 0 Å². The molecule has 0 spiro atoms. The van der Waals surface area contributed by atoms with Crippen molar-refractivity contribution in [1.29, 1.82) is 0 Å². The quantitative estimate of drug-likeness (QED) is 0.653. The number of nitrogens with two attached hydrogens (primary N) is 1. The van der Waals surface area contributed by atoms with Crippen LogP contribution in [-0.2, 0) is 21.6 Å². The van der Waals surface area contributed by atoms with Gasteiger partial charge in [0, 0.05) is 28.9 Å². The number of sulfone groups is 1. The number of para-hydroxylation sites is 1. The van der Waals surface area contributed by atoms with Crippen molar-refractivity contribution in [2.24, 2.45) is 5.73 Å². The van der Waals surface area contributed by atoms with Crippen LogP contribution >= 0.6 is 15.9 Å². The van der Waals surface area contributed by atoms with E-state index in [1.807, 2.05) is 30.5 Å². The number of rotatable bonds is 5. The van der Waals surface area contributed by atoms with E-state index in [2.05, 4.69) is 20.9 Å². The highest BCUT2D eigenvalue weighted by atomic mass is 79.9. The number of halogens is 1. The normalized spacial score (nSPS) is 13.3. The molecule has 0 saturated heterocycles. The molecule has 2 aromatic carbocycles. The molecule has 3 N–H and O–H groups in total. The summed E-state index contributed by atoms with van der Waals surface area (Å²) in [4.78, 5) is 3.40. The first-order chi connectivity index (χ1) is 11.0. The van der Waals surface area contributed by atoms with Gasteiger partial charge in [0.25, 0.3) is 0 Å². The van der Waals surface area contributed by atoms with Gasteiger partial charge >= 0.3 is 0 Å². The smallest absolute Gasteiger partial charge is 0.194 e. The predicted molar refractivity (Wildman–Crippen MR) is 96.2 cm³/mol. The average molecular weight is 393 g/mol. The summed E-state index contributed by atoms with van der Waals surface area (Å²) < 4.78 is 25.3. The fourth-order valence-electron chi connectivity index (χ4n) is 2.57. The van der Waals surface area contributed by atoms with E-state index in [4.69, 9.17) is 5.73 Å². The Kier molecular flexibility index (Phi) is 4.57. The Bertz CT molecular complexity index is 917. The fourth-order valence-corrected chi connectivity index (χ4v) is 4.21. The molecule has 1 aromatic heterocycles. The monoisotopic (exact) mass is 392 g/mol. The molecule has 0 aliphatic heterocycles. The van der Waals surface area contributed by atoms with Gasteiger partial charge in [-0.15, -0.1) is 0 Å². The largest absolute Gasteiger partial charge is 0.361 e. The van der Waals surface area contributed by atoms with Crippen molar-refractivity contribution < 1.29 is 8.42 Å². The summed E-state index contributed by atoms with van der Waals surface area (Å²) in [6.07, 6.45) is 2.10. The van der Waals surface area contributed by atoms with Gasteiger partial charge in [0.05, 0.1) is 4.90 Å². The molecular weight excluding hydrogens is 376 g/mol. The molecule has 1 heterocycles. The summed E-state index contributed by atoms with van der Waals surface area (Å²) in [7, 11) is -3.56. The molecule has 0 bridgehead atoms. The first-order valence-electron chi connectivity index (χ1n) is 7.22. The van der Waals surface area contributed by atoms with Gasteiger partial charge in [0.1, 0.15) is 5.37 Å². The Morgan fingerprint density at radius 1 is 1.09 bits per heavy atom. The zero-order valence-electron chi connectivity index (χ0n) is 12.4. The third-order valence-electron chi connectivity index (χ3n) is 3.90. The average Bonchev–Trinajstić information content (AvgIpc) is 2.98. The Labute approximate surface area is 143 Å². The minimum absolute atomic E-state index is 0.259. The molecule has 1 unspecified atom stereocenters. The van der Waals surface area contributed by atoms with Gasteiger partial charge in [-0.1, -0.05) is 46.3 Å². The van der Waals surface area contributed by atoms with Gasteiger partial charge < -0.3 is 10.7 Å². The first kappa shape index (κ1) is 16.2. The second kappa shape index (κ2) is 6.47. The summed E-state index contributed by atoms with van der Waals surface area (Å²) >= 11 is 3.35. The van der Waals surface area contributed by atoms with E-state index < -0.39 is 15.2 Å². The molecule has 1 atom stereocenters. The maximum absolute atomic E-state index is 12.6. The van der Waals surface area contributed by atoms with Gasteiger partial charge in [0.2, 0.25) is 0 Å². The van der Waals surface area contributed by atoms with Crippen LogP contribution in [0.2, 0.25) is 0 Å². The number of aromatic amines is 1. The summed E-state index contributed by atoms with van der Waals surface area (Å²) in [6, 6.07) is 14.6. The van der Waals surface area contributed by atoms with Gasteiger partial charge in [-0.25, -0.2) is 8.42 Å². The lowest BCUT2D eigenvalue weighted by molar-refractivity contribution is 0.579. The summed E-state index contributed by atoms with van der Waals surface area (Å²) in [5, 5.41) is 0.721. The molecule has 0 fully saturated rings. The molecule has 0 amide bonds. The van der Waals surface area contributed by atoms with Crippen molar-refractivity contribution in [2.45, 2.75) is 22.0 Å². The van der Waals surface area contributed by atoms with Crippen LogP contribution in [0.15, 0.2) is 59.6 Å². The van der Waals surface area contributed by atoms with Crippen LogP contribution in [0.1, 0.15) is 11.1 Å². The number of nitrogens with one attached hydrogen (secondary N) is 1. The van der Waals surface area contributed by atoms with E-state index in [0.29, 0.717) is 5.33 Å². The summed E-state index contributed by atoms with van der Waals surface area (Å²) in [5.41, 5.74) is 8.94. The molecule has 0 radical (unpaired) electrons. The van der Waals surface area contributed by atoms with Gasteiger partial charge in [-0.05, 0) is 29.3 Å². The number of hydrogen-bond donors (Lipinski definition) is 2. The third kappa shape index (κ3) is 3.20. The summed E-state index contributed by atoms with van der Waals surface area (Å²) in [5.74, 6) is 0.